The number of ether oxygens (including phenoxy) is 1. The summed E-state index contributed by atoms with van der Waals surface area (Å²) in [6.07, 6.45) is 0.934. The molecule has 1 unspecified atom stereocenters. The lowest BCUT2D eigenvalue weighted by Gasteiger charge is -2.15. The van der Waals surface area contributed by atoms with Crippen molar-refractivity contribution in [2.24, 2.45) is 4.99 Å². The Balaban J connectivity index is 2.08. The van der Waals surface area contributed by atoms with E-state index < -0.39 is 11.2 Å². The van der Waals surface area contributed by atoms with Crippen LogP contribution in [-0.2, 0) is 11.2 Å². The lowest BCUT2D eigenvalue weighted by Crippen LogP contribution is -2.11. The zero-order valence-electron chi connectivity index (χ0n) is 15.3. The first-order chi connectivity index (χ1) is 13.0. The molecule has 2 aromatic carbocycles. The molecule has 0 aliphatic carbocycles. The van der Waals surface area contributed by atoms with Crippen LogP contribution in [0.5, 0.6) is 5.75 Å². The van der Waals surface area contributed by atoms with Gasteiger partial charge in [-0.25, -0.2) is 0 Å². The number of benzodiazepines with no additional fused rings is 1. The third kappa shape index (κ3) is 4.71. The molecular formula is C20H21BrN2O2S2. The monoisotopic (exact) mass is 464 g/mol. The summed E-state index contributed by atoms with van der Waals surface area (Å²) >= 11 is 8.00. The van der Waals surface area contributed by atoms with Crippen molar-refractivity contribution in [2.75, 3.05) is 24.2 Å². The predicted molar refractivity (Wildman–Crippen MR) is 120 cm³/mol. The Morgan fingerprint density at radius 3 is 2.85 bits per heavy atom. The van der Waals surface area contributed by atoms with Gasteiger partial charge in [0.25, 0.3) is 0 Å². The van der Waals surface area contributed by atoms with Crippen LogP contribution in [-0.4, -0.2) is 34.2 Å². The number of nitrogens with zero attached hydrogens (tertiary/aromatic N) is 1. The number of hydrogen-bond donors (Lipinski definition) is 1. The van der Waals surface area contributed by atoms with Crippen LogP contribution < -0.4 is 10.1 Å². The van der Waals surface area contributed by atoms with E-state index in [0.717, 1.165) is 44.1 Å². The van der Waals surface area contributed by atoms with Gasteiger partial charge in [-0.05, 0) is 52.6 Å². The van der Waals surface area contributed by atoms with E-state index in [2.05, 4.69) is 28.2 Å². The molecule has 0 aromatic heterocycles. The van der Waals surface area contributed by atoms with Gasteiger partial charge in [0.1, 0.15) is 16.5 Å². The first-order valence-corrected chi connectivity index (χ1v) is 11.3. The van der Waals surface area contributed by atoms with E-state index in [9.17, 15) is 4.55 Å². The fourth-order valence-corrected chi connectivity index (χ4v) is 4.25. The Morgan fingerprint density at radius 1 is 1.30 bits per heavy atom. The Bertz CT molecular complexity index is 886. The highest BCUT2D eigenvalue weighted by atomic mass is 79.9. The number of anilines is 1. The summed E-state index contributed by atoms with van der Waals surface area (Å²) < 4.78 is 18.9. The zero-order valence-corrected chi connectivity index (χ0v) is 18.5. The van der Waals surface area contributed by atoms with Crippen LogP contribution in [0.15, 0.2) is 50.8 Å². The quantitative estimate of drug-likeness (QED) is 0.484. The second-order valence-electron chi connectivity index (χ2n) is 6.05. The summed E-state index contributed by atoms with van der Waals surface area (Å²) in [5.74, 6) is 1.36. The first kappa shape index (κ1) is 20.3. The number of halogens is 1. The minimum absolute atomic E-state index is 0.406. The van der Waals surface area contributed by atoms with E-state index in [-0.39, 0.29) is 0 Å². The van der Waals surface area contributed by atoms with Gasteiger partial charge in [-0.15, -0.1) is 0 Å². The minimum Gasteiger partial charge on any atom is -0.611 e. The first-order valence-electron chi connectivity index (χ1n) is 8.83. The molecule has 1 atom stereocenters. The SMILES string of the molecule is CCCOc1cc2c(cc1Br)C(c1cccc([S+]([O-])CC)c1)=NCC(=S)N2. The Hall–Kier alpha value is -1.41. The molecule has 1 N–H and O–H groups in total. The number of hydrogen-bond acceptors (Lipinski definition) is 4. The largest absolute Gasteiger partial charge is 0.611 e. The molecule has 0 bridgehead atoms. The van der Waals surface area contributed by atoms with Gasteiger partial charge in [0.15, 0.2) is 4.90 Å². The van der Waals surface area contributed by atoms with Crippen LogP contribution in [0.2, 0.25) is 0 Å². The molecule has 1 aliphatic rings. The van der Waals surface area contributed by atoms with Crippen molar-refractivity contribution in [3.05, 3.63) is 52.0 Å². The summed E-state index contributed by atoms with van der Waals surface area (Å²) in [4.78, 5) is 6.19. The smallest absolute Gasteiger partial charge is 0.153 e. The lowest BCUT2D eigenvalue weighted by molar-refractivity contribution is 0.315. The number of rotatable bonds is 6. The normalized spacial score (nSPS) is 14.7. The van der Waals surface area contributed by atoms with Crippen molar-refractivity contribution in [3.8, 4) is 5.75 Å². The van der Waals surface area contributed by atoms with Crippen LogP contribution in [0.1, 0.15) is 31.4 Å². The van der Waals surface area contributed by atoms with Crippen LogP contribution in [0, 0.1) is 0 Å². The molecule has 3 rings (SSSR count). The van der Waals surface area contributed by atoms with Crippen molar-refractivity contribution in [2.45, 2.75) is 25.2 Å². The van der Waals surface area contributed by atoms with E-state index in [1.807, 2.05) is 43.3 Å². The summed E-state index contributed by atoms with van der Waals surface area (Å²) in [7, 11) is 0. The van der Waals surface area contributed by atoms with E-state index in [1.54, 1.807) is 0 Å². The maximum atomic E-state index is 12.2. The highest BCUT2D eigenvalue weighted by Crippen LogP contribution is 2.34. The maximum Gasteiger partial charge on any atom is 0.153 e. The number of benzene rings is 2. The van der Waals surface area contributed by atoms with Crippen molar-refractivity contribution in [3.63, 3.8) is 0 Å². The van der Waals surface area contributed by atoms with Crippen LogP contribution >= 0.6 is 28.1 Å². The fraction of sp³-hybridized carbons (Fsp3) is 0.300. The van der Waals surface area contributed by atoms with Gasteiger partial charge in [0.2, 0.25) is 0 Å². The fourth-order valence-electron chi connectivity index (χ4n) is 2.80. The molecule has 0 saturated carbocycles. The third-order valence-electron chi connectivity index (χ3n) is 4.08. The number of thiocarbonyl (C=S) groups is 1. The molecule has 27 heavy (non-hydrogen) atoms. The van der Waals surface area contributed by atoms with Crippen LogP contribution in [0.3, 0.4) is 0 Å². The summed E-state index contributed by atoms with van der Waals surface area (Å²) in [6.45, 7) is 5.04. The molecule has 0 saturated heterocycles. The molecule has 0 radical (unpaired) electrons. The average molecular weight is 465 g/mol. The topological polar surface area (TPSA) is 56.7 Å². The maximum absolute atomic E-state index is 12.2. The molecular weight excluding hydrogens is 444 g/mol. The van der Waals surface area contributed by atoms with Gasteiger partial charge >= 0.3 is 0 Å². The number of aliphatic imine (C=N–C) groups is 1. The van der Waals surface area contributed by atoms with E-state index in [0.29, 0.717) is 23.9 Å². The number of fused-ring (bicyclic) bond motifs is 1. The standard InChI is InChI=1S/C20H21BrN2O2S2/c1-3-8-25-18-11-17-15(10-16(18)21)20(22-12-19(26)23-17)13-6-5-7-14(9-13)27(24)4-2/h5-7,9-11H,3-4,8,12H2,1-2H3,(H,23,26). The predicted octanol–water partition coefficient (Wildman–Crippen LogP) is 4.96. The average Bonchev–Trinajstić information content (AvgIpc) is 2.83. The van der Waals surface area contributed by atoms with Gasteiger partial charge in [-0.2, -0.15) is 0 Å². The summed E-state index contributed by atoms with van der Waals surface area (Å²) in [5, 5.41) is 3.27. The molecule has 0 amide bonds. The lowest BCUT2D eigenvalue weighted by atomic mass is 10.0. The van der Waals surface area contributed by atoms with Gasteiger partial charge in [0.05, 0.1) is 29.0 Å². The van der Waals surface area contributed by atoms with Crippen molar-refractivity contribution < 1.29 is 9.29 Å². The second kappa shape index (κ2) is 9.19. The minimum atomic E-state index is -1.01. The number of nitrogens with one attached hydrogen (secondary N) is 1. The van der Waals surface area contributed by atoms with Gasteiger partial charge in [-0.3, -0.25) is 4.99 Å². The van der Waals surface area contributed by atoms with Crippen molar-refractivity contribution in [1.29, 1.82) is 0 Å². The van der Waals surface area contributed by atoms with Gasteiger partial charge in [-0.1, -0.05) is 31.3 Å². The summed E-state index contributed by atoms with van der Waals surface area (Å²) in [6, 6.07) is 11.7. The van der Waals surface area contributed by atoms with Crippen LogP contribution in [0.4, 0.5) is 5.69 Å². The zero-order chi connectivity index (χ0) is 19.4. The molecule has 2 aromatic rings. The van der Waals surface area contributed by atoms with Gasteiger partial charge < -0.3 is 14.6 Å². The van der Waals surface area contributed by atoms with Crippen molar-refractivity contribution >= 4 is 55.7 Å². The van der Waals surface area contributed by atoms with Crippen molar-refractivity contribution in [1.82, 2.24) is 0 Å². The molecule has 142 valence electrons. The van der Waals surface area contributed by atoms with E-state index in [1.165, 1.54) is 0 Å². The molecule has 1 aliphatic heterocycles. The Morgan fingerprint density at radius 2 is 2.11 bits per heavy atom. The second-order valence-corrected chi connectivity index (χ2v) is 9.14. The van der Waals surface area contributed by atoms with E-state index in [4.69, 9.17) is 21.9 Å². The molecule has 0 fully saturated rings. The molecule has 7 heteroatoms. The third-order valence-corrected chi connectivity index (χ3v) is 6.23. The van der Waals surface area contributed by atoms with Gasteiger partial charge in [0, 0.05) is 23.3 Å². The van der Waals surface area contributed by atoms with Crippen LogP contribution in [0.25, 0.3) is 0 Å². The van der Waals surface area contributed by atoms with E-state index >= 15 is 0 Å². The molecule has 4 nitrogen and oxygen atoms in total. The Kier molecular flexibility index (Phi) is 6.92. The summed E-state index contributed by atoms with van der Waals surface area (Å²) in [5.41, 5.74) is 3.56. The highest BCUT2D eigenvalue weighted by Gasteiger charge is 2.21. The molecule has 1 heterocycles. The molecule has 0 spiro atoms. The highest BCUT2D eigenvalue weighted by molar-refractivity contribution is 9.10. The Labute approximate surface area is 176 Å².